The number of carbonyl (C=O) groups excluding carboxylic acids is 3. The average molecular weight is 399 g/mol. The summed E-state index contributed by atoms with van der Waals surface area (Å²) in [5.74, 6) is 0.371. The number of hydrazine groups is 1. The van der Waals surface area contributed by atoms with Gasteiger partial charge < -0.3 is 14.8 Å². The Hall–Kier alpha value is -3.55. The standard InChI is InChI=1S/C21H25N3O5/c1-14(2)12-19(25)22-16-6-4-15(5-7-16)21(27)24-23-20(26)13-29-18-10-8-17(28-3)9-11-18/h4-11,14H,12-13H2,1-3H3,(H,22,25)(H,23,26)(H,24,27). The molecule has 0 saturated heterocycles. The zero-order chi connectivity index (χ0) is 21.2. The molecule has 29 heavy (non-hydrogen) atoms. The van der Waals surface area contributed by atoms with Gasteiger partial charge in [0.25, 0.3) is 11.8 Å². The molecule has 0 aliphatic heterocycles. The quantitative estimate of drug-likeness (QED) is 0.592. The van der Waals surface area contributed by atoms with E-state index in [0.717, 1.165) is 0 Å². The Morgan fingerprint density at radius 1 is 0.862 bits per heavy atom. The highest BCUT2D eigenvalue weighted by atomic mass is 16.5. The van der Waals surface area contributed by atoms with Gasteiger partial charge in [0.15, 0.2) is 6.61 Å². The van der Waals surface area contributed by atoms with Gasteiger partial charge in [-0.15, -0.1) is 0 Å². The molecular formula is C21H25N3O5. The van der Waals surface area contributed by atoms with Gasteiger partial charge in [0.2, 0.25) is 5.91 Å². The normalized spacial score (nSPS) is 10.2. The van der Waals surface area contributed by atoms with Gasteiger partial charge in [-0.3, -0.25) is 25.2 Å². The lowest BCUT2D eigenvalue weighted by Crippen LogP contribution is -2.43. The number of hydrogen-bond donors (Lipinski definition) is 3. The van der Waals surface area contributed by atoms with Gasteiger partial charge in [-0.1, -0.05) is 13.8 Å². The van der Waals surface area contributed by atoms with Crippen LogP contribution in [0.2, 0.25) is 0 Å². The van der Waals surface area contributed by atoms with Crippen molar-refractivity contribution in [1.82, 2.24) is 10.9 Å². The number of nitrogens with one attached hydrogen (secondary N) is 3. The van der Waals surface area contributed by atoms with Crippen molar-refractivity contribution in [3.8, 4) is 11.5 Å². The van der Waals surface area contributed by atoms with E-state index in [9.17, 15) is 14.4 Å². The van der Waals surface area contributed by atoms with Crippen molar-refractivity contribution in [2.24, 2.45) is 5.92 Å². The maximum atomic E-state index is 12.1. The first-order valence-corrected chi connectivity index (χ1v) is 9.13. The lowest BCUT2D eigenvalue weighted by atomic mass is 10.1. The van der Waals surface area contributed by atoms with Crippen LogP contribution in [0.3, 0.4) is 0 Å². The van der Waals surface area contributed by atoms with Crippen molar-refractivity contribution in [2.75, 3.05) is 19.0 Å². The molecule has 0 aromatic heterocycles. The summed E-state index contributed by atoms with van der Waals surface area (Å²) in [6, 6.07) is 13.1. The number of anilines is 1. The van der Waals surface area contributed by atoms with E-state index in [4.69, 9.17) is 9.47 Å². The van der Waals surface area contributed by atoms with Crippen LogP contribution in [0.4, 0.5) is 5.69 Å². The van der Waals surface area contributed by atoms with Crippen LogP contribution in [0.25, 0.3) is 0 Å². The van der Waals surface area contributed by atoms with Gasteiger partial charge >= 0.3 is 0 Å². The number of amides is 3. The van der Waals surface area contributed by atoms with Gasteiger partial charge in [-0.2, -0.15) is 0 Å². The van der Waals surface area contributed by atoms with Gasteiger partial charge in [-0.25, -0.2) is 0 Å². The Morgan fingerprint density at radius 3 is 2.07 bits per heavy atom. The van der Waals surface area contributed by atoms with E-state index in [1.165, 1.54) is 0 Å². The minimum Gasteiger partial charge on any atom is -0.497 e. The largest absolute Gasteiger partial charge is 0.497 e. The first-order chi connectivity index (χ1) is 13.9. The second kappa shape index (κ2) is 10.7. The van der Waals surface area contributed by atoms with E-state index in [-0.39, 0.29) is 18.4 Å². The molecule has 0 unspecified atom stereocenters. The molecule has 154 valence electrons. The Morgan fingerprint density at radius 2 is 1.48 bits per heavy atom. The number of methoxy groups -OCH3 is 1. The number of benzene rings is 2. The summed E-state index contributed by atoms with van der Waals surface area (Å²) in [5.41, 5.74) is 5.54. The van der Waals surface area contributed by atoms with Crippen LogP contribution in [0.1, 0.15) is 30.6 Å². The van der Waals surface area contributed by atoms with E-state index >= 15 is 0 Å². The molecule has 0 saturated carbocycles. The van der Waals surface area contributed by atoms with Crippen LogP contribution in [-0.2, 0) is 9.59 Å². The summed E-state index contributed by atoms with van der Waals surface area (Å²) in [6.07, 6.45) is 0.423. The van der Waals surface area contributed by atoms with Crippen LogP contribution in [0.15, 0.2) is 48.5 Å². The van der Waals surface area contributed by atoms with Crippen molar-refractivity contribution < 1.29 is 23.9 Å². The van der Waals surface area contributed by atoms with Crippen LogP contribution in [0, 0.1) is 5.92 Å². The second-order valence-electron chi connectivity index (χ2n) is 6.69. The molecule has 3 N–H and O–H groups in total. The van der Waals surface area contributed by atoms with E-state index < -0.39 is 11.8 Å². The van der Waals surface area contributed by atoms with E-state index in [0.29, 0.717) is 29.2 Å². The Kier molecular flexibility index (Phi) is 8.02. The van der Waals surface area contributed by atoms with Gasteiger partial charge in [0.1, 0.15) is 11.5 Å². The molecule has 0 bridgehead atoms. The average Bonchev–Trinajstić information content (AvgIpc) is 2.70. The van der Waals surface area contributed by atoms with Gasteiger partial charge in [0.05, 0.1) is 7.11 Å². The molecule has 8 heteroatoms. The van der Waals surface area contributed by atoms with Crippen LogP contribution < -0.4 is 25.6 Å². The molecule has 0 atom stereocenters. The fourth-order valence-electron chi connectivity index (χ4n) is 2.34. The molecule has 0 aliphatic rings. The molecule has 0 spiro atoms. The molecule has 0 radical (unpaired) electrons. The lowest BCUT2D eigenvalue weighted by Gasteiger charge is -2.10. The maximum Gasteiger partial charge on any atom is 0.276 e. The molecule has 2 aromatic rings. The molecule has 8 nitrogen and oxygen atoms in total. The van der Waals surface area contributed by atoms with Crippen LogP contribution in [0.5, 0.6) is 11.5 Å². The highest BCUT2D eigenvalue weighted by Crippen LogP contribution is 2.16. The third-order valence-electron chi connectivity index (χ3n) is 3.77. The van der Waals surface area contributed by atoms with Crippen molar-refractivity contribution in [2.45, 2.75) is 20.3 Å². The zero-order valence-corrected chi connectivity index (χ0v) is 16.7. The van der Waals surface area contributed by atoms with Gasteiger partial charge in [0, 0.05) is 17.7 Å². The highest BCUT2D eigenvalue weighted by molar-refractivity contribution is 5.96. The summed E-state index contributed by atoms with van der Waals surface area (Å²) in [5, 5.41) is 2.76. The first kappa shape index (κ1) is 21.7. The van der Waals surface area contributed by atoms with Crippen LogP contribution in [-0.4, -0.2) is 31.4 Å². The first-order valence-electron chi connectivity index (χ1n) is 9.13. The molecule has 0 aliphatic carbocycles. The second-order valence-corrected chi connectivity index (χ2v) is 6.69. The predicted octanol–water partition coefficient (Wildman–Crippen LogP) is 2.52. The minimum absolute atomic E-state index is 0.0821. The number of rotatable bonds is 8. The maximum absolute atomic E-state index is 12.1. The Balaban J connectivity index is 1.76. The van der Waals surface area contributed by atoms with Crippen molar-refractivity contribution in [1.29, 1.82) is 0 Å². The number of ether oxygens (including phenoxy) is 2. The molecule has 0 fully saturated rings. The van der Waals surface area contributed by atoms with E-state index in [2.05, 4.69) is 16.2 Å². The summed E-state index contributed by atoms with van der Waals surface area (Å²) < 4.78 is 10.4. The van der Waals surface area contributed by atoms with E-state index in [1.54, 1.807) is 55.6 Å². The molecule has 2 aromatic carbocycles. The number of hydrogen-bond acceptors (Lipinski definition) is 5. The summed E-state index contributed by atoms with van der Waals surface area (Å²) in [6.45, 7) is 3.67. The summed E-state index contributed by atoms with van der Waals surface area (Å²) in [7, 11) is 1.56. The predicted molar refractivity (Wildman–Crippen MR) is 109 cm³/mol. The van der Waals surface area contributed by atoms with Gasteiger partial charge in [-0.05, 0) is 54.4 Å². The van der Waals surface area contributed by atoms with Crippen molar-refractivity contribution >= 4 is 23.4 Å². The van der Waals surface area contributed by atoms with E-state index in [1.807, 2.05) is 13.8 Å². The fraction of sp³-hybridized carbons (Fsp3) is 0.286. The smallest absolute Gasteiger partial charge is 0.276 e. The topological polar surface area (TPSA) is 106 Å². The monoisotopic (exact) mass is 399 g/mol. The van der Waals surface area contributed by atoms with Crippen LogP contribution >= 0.6 is 0 Å². The summed E-state index contributed by atoms with van der Waals surface area (Å²) in [4.78, 5) is 35.7. The zero-order valence-electron chi connectivity index (χ0n) is 16.7. The van der Waals surface area contributed by atoms with Crippen molar-refractivity contribution in [3.63, 3.8) is 0 Å². The Bertz CT molecular complexity index is 832. The highest BCUT2D eigenvalue weighted by Gasteiger charge is 2.09. The lowest BCUT2D eigenvalue weighted by molar-refractivity contribution is -0.123. The third kappa shape index (κ3) is 7.53. The number of carbonyl (C=O) groups is 3. The molecular weight excluding hydrogens is 374 g/mol. The van der Waals surface area contributed by atoms with Crippen molar-refractivity contribution in [3.05, 3.63) is 54.1 Å². The fourth-order valence-corrected chi connectivity index (χ4v) is 2.34. The molecule has 0 heterocycles. The third-order valence-corrected chi connectivity index (χ3v) is 3.77. The summed E-state index contributed by atoms with van der Waals surface area (Å²) >= 11 is 0. The molecule has 2 rings (SSSR count). The SMILES string of the molecule is COc1ccc(OCC(=O)NNC(=O)c2ccc(NC(=O)CC(C)C)cc2)cc1. The minimum atomic E-state index is -0.508. The Labute approximate surface area is 169 Å². The molecule has 3 amide bonds.